The van der Waals surface area contributed by atoms with E-state index < -0.39 is 0 Å². The summed E-state index contributed by atoms with van der Waals surface area (Å²) in [5.41, 5.74) is 6.14. The van der Waals surface area contributed by atoms with E-state index in [0.717, 1.165) is 0 Å². The molecule has 0 fully saturated rings. The summed E-state index contributed by atoms with van der Waals surface area (Å²) in [7, 11) is 0. The SMILES string of the molecule is Nc1ccc(Oc2cc(Cl)c(Cl)cc2Cl)c(Cl)c1. The highest BCUT2D eigenvalue weighted by atomic mass is 35.5. The Kier molecular flexibility index (Phi) is 4.13. The number of halogens is 4. The van der Waals surface area contributed by atoms with E-state index in [1.165, 1.54) is 12.1 Å². The second-order valence-corrected chi connectivity index (χ2v) is 5.12. The summed E-state index contributed by atoms with van der Waals surface area (Å²) in [6.07, 6.45) is 0. The van der Waals surface area contributed by atoms with Gasteiger partial charge in [-0.3, -0.25) is 0 Å². The molecular weight excluding hydrogens is 316 g/mol. The molecule has 2 aromatic rings. The van der Waals surface area contributed by atoms with E-state index in [1.807, 2.05) is 0 Å². The molecule has 0 aromatic heterocycles. The van der Waals surface area contributed by atoms with E-state index >= 15 is 0 Å². The fourth-order valence-corrected chi connectivity index (χ4v) is 2.10. The van der Waals surface area contributed by atoms with Crippen LogP contribution < -0.4 is 10.5 Å². The number of hydrogen-bond acceptors (Lipinski definition) is 2. The molecule has 2 aromatic carbocycles. The van der Waals surface area contributed by atoms with Crippen molar-refractivity contribution in [3.05, 3.63) is 50.4 Å². The van der Waals surface area contributed by atoms with Gasteiger partial charge in [-0.05, 0) is 24.3 Å². The summed E-state index contributed by atoms with van der Waals surface area (Å²) >= 11 is 23.7. The van der Waals surface area contributed by atoms with Crippen LogP contribution in [-0.4, -0.2) is 0 Å². The Morgan fingerprint density at radius 2 is 1.33 bits per heavy atom. The molecule has 0 aliphatic rings. The van der Waals surface area contributed by atoms with Crippen LogP contribution in [0.3, 0.4) is 0 Å². The number of rotatable bonds is 2. The van der Waals surface area contributed by atoms with Crippen LogP contribution in [0.1, 0.15) is 0 Å². The normalized spacial score (nSPS) is 10.4. The number of anilines is 1. The first-order chi connectivity index (χ1) is 8.47. The highest BCUT2D eigenvalue weighted by Gasteiger charge is 2.10. The van der Waals surface area contributed by atoms with E-state index in [0.29, 0.717) is 37.3 Å². The zero-order valence-electron chi connectivity index (χ0n) is 8.88. The average molecular weight is 323 g/mol. The maximum Gasteiger partial charge on any atom is 0.147 e. The van der Waals surface area contributed by atoms with Crippen LogP contribution in [0.5, 0.6) is 11.5 Å². The third-order valence-corrected chi connectivity index (χ3v) is 3.46. The van der Waals surface area contributed by atoms with Crippen LogP contribution in [-0.2, 0) is 0 Å². The Balaban J connectivity index is 2.37. The first-order valence-corrected chi connectivity index (χ1v) is 6.36. The van der Waals surface area contributed by atoms with Crippen molar-refractivity contribution in [2.24, 2.45) is 0 Å². The van der Waals surface area contributed by atoms with Crippen LogP contribution in [0.2, 0.25) is 20.1 Å². The molecule has 0 bridgehead atoms. The van der Waals surface area contributed by atoms with Crippen LogP contribution in [0.4, 0.5) is 5.69 Å². The van der Waals surface area contributed by atoms with Gasteiger partial charge >= 0.3 is 0 Å². The number of nitrogen functional groups attached to an aromatic ring is 1. The van der Waals surface area contributed by atoms with Crippen LogP contribution >= 0.6 is 46.4 Å². The molecule has 0 heterocycles. The van der Waals surface area contributed by atoms with Gasteiger partial charge in [0.05, 0.1) is 20.1 Å². The predicted octanol–water partition coefficient (Wildman–Crippen LogP) is 5.67. The van der Waals surface area contributed by atoms with Crippen molar-refractivity contribution in [3.63, 3.8) is 0 Å². The van der Waals surface area contributed by atoms with Gasteiger partial charge in [0.2, 0.25) is 0 Å². The molecule has 94 valence electrons. The molecule has 0 unspecified atom stereocenters. The largest absolute Gasteiger partial charge is 0.454 e. The van der Waals surface area contributed by atoms with E-state index in [4.69, 9.17) is 56.9 Å². The molecule has 0 aliphatic heterocycles. The van der Waals surface area contributed by atoms with Crippen LogP contribution in [0.25, 0.3) is 0 Å². The first-order valence-electron chi connectivity index (χ1n) is 4.85. The monoisotopic (exact) mass is 321 g/mol. The number of ether oxygens (including phenoxy) is 1. The number of nitrogens with two attached hydrogens (primary N) is 1. The lowest BCUT2D eigenvalue weighted by Crippen LogP contribution is -1.89. The van der Waals surface area contributed by atoms with Gasteiger partial charge in [-0.2, -0.15) is 0 Å². The average Bonchev–Trinajstić information content (AvgIpc) is 2.29. The smallest absolute Gasteiger partial charge is 0.147 e. The summed E-state index contributed by atoms with van der Waals surface area (Å²) in [5, 5.41) is 1.44. The molecule has 0 radical (unpaired) electrons. The van der Waals surface area contributed by atoms with Crippen molar-refractivity contribution in [3.8, 4) is 11.5 Å². The lowest BCUT2D eigenvalue weighted by Gasteiger charge is -2.10. The molecule has 0 amide bonds. The number of hydrogen-bond donors (Lipinski definition) is 1. The molecule has 2 rings (SSSR count). The minimum absolute atomic E-state index is 0.345. The second-order valence-electron chi connectivity index (χ2n) is 3.49. The van der Waals surface area contributed by atoms with E-state index in [2.05, 4.69) is 0 Å². The van der Waals surface area contributed by atoms with Crippen molar-refractivity contribution in [1.29, 1.82) is 0 Å². The van der Waals surface area contributed by atoms with E-state index in [1.54, 1.807) is 18.2 Å². The Labute approximate surface area is 124 Å². The lowest BCUT2D eigenvalue weighted by molar-refractivity contribution is 0.483. The Hall–Kier alpha value is -0.800. The summed E-state index contributed by atoms with van der Waals surface area (Å²) in [5.74, 6) is 0.809. The maximum absolute atomic E-state index is 6.00. The van der Waals surface area contributed by atoms with Gasteiger partial charge in [0, 0.05) is 11.8 Å². The summed E-state index contributed by atoms with van der Waals surface area (Å²) in [4.78, 5) is 0. The zero-order valence-corrected chi connectivity index (χ0v) is 11.9. The van der Waals surface area contributed by atoms with E-state index in [9.17, 15) is 0 Å². The third kappa shape index (κ3) is 2.96. The van der Waals surface area contributed by atoms with Gasteiger partial charge < -0.3 is 10.5 Å². The molecule has 6 heteroatoms. The maximum atomic E-state index is 6.00. The second kappa shape index (κ2) is 5.45. The zero-order chi connectivity index (χ0) is 13.3. The topological polar surface area (TPSA) is 35.2 Å². The van der Waals surface area contributed by atoms with Crippen molar-refractivity contribution in [2.75, 3.05) is 5.73 Å². The van der Waals surface area contributed by atoms with Crippen molar-refractivity contribution < 1.29 is 4.74 Å². The van der Waals surface area contributed by atoms with Crippen molar-refractivity contribution >= 4 is 52.1 Å². The minimum Gasteiger partial charge on any atom is -0.454 e. The van der Waals surface area contributed by atoms with Gasteiger partial charge in [-0.25, -0.2) is 0 Å². The fourth-order valence-electron chi connectivity index (χ4n) is 1.30. The first kappa shape index (κ1) is 13.6. The van der Waals surface area contributed by atoms with Gasteiger partial charge in [0.25, 0.3) is 0 Å². The van der Waals surface area contributed by atoms with Crippen molar-refractivity contribution in [1.82, 2.24) is 0 Å². The van der Waals surface area contributed by atoms with Gasteiger partial charge in [0.15, 0.2) is 0 Å². The minimum atomic E-state index is 0.345. The summed E-state index contributed by atoms with van der Waals surface area (Å²) in [6.45, 7) is 0. The molecule has 0 aliphatic carbocycles. The fraction of sp³-hybridized carbons (Fsp3) is 0. The van der Waals surface area contributed by atoms with Gasteiger partial charge in [-0.15, -0.1) is 0 Å². The Morgan fingerprint density at radius 3 is 2.00 bits per heavy atom. The standard InChI is InChI=1S/C12H7Cl4NO/c13-7-4-10(16)12(5-8(7)14)18-11-2-1-6(17)3-9(11)15/h1-5H,17H2. The molecule has 0 saturated heterocycles. The highest BCUT2D eigenvalue weighted by molar-refractivity contribution is 6.43. The lowest BCUT2D eigenvalue weighted by atomic mass is 10.3. The van der Waals surface area contributed by atoms with Gasteiger partial charge in [0.1, 0.15) is 11.5 Å². The highest BCUT2D eigenvalue weighted by Crippen LogP contribution is 2.38. The quantitative estimate of drug-likeness (QED) is 0.570. The molecule has 2 N–H and O–H groups in total. The summed E-state index contributed by atoms with van der Waals surface area (Å²) < 4.78 is 5.57. The molecular formula is C12H7Cl4NO. The van der Waals surface area contributed by atoms with E-state index in [-0.39, 0.29) is 0 Å². The van der Waals surface area contributed by atoms with Gasteiger partial charge in [-0.1, -0.05) is 46.4 Å². The Bertz CT molecular complexity index is 601. The number of benzene rings is 2. The predicted molar refractivity (Wildman–Crippen MR) is 77.4 cm³/mol. The molecule has 18 heavy (non-hydrogen) atoms. The molecule has 0 atom stereocenters. The van der Waals surface area contributed by atoms with Crippen molar-refractivity contribution in [2.45, 2.75) is 0 Å². The Morgan fingerprint density at radius 1 is 0.722 bits per heavy atom. The van der Waals surface area contributed by atoms with Crippen LogP contribution in [0.15, 0.2) is 30.3 Å². The molecule has 2 nitrogen and oxygen atoms in total. The summed E-state index contributed by atoms with van der Waals surface area (Å²) in [6, 6.07) is 7.94. The molecule has 0 spiro atoms. The third-order valence-electron chi connectivity index (χ3n) is 2.15. The molecule has 0 saturated carbocycles. The van der Waals surface area contributed by atoms with Crippen LogP contribution in [0, 0.1) is 0 Å².